The number of rotatable bonds is 14. The minimum Gasteiger partial charge on any atom is -0.497 e. The number of nitrogens with one attached hydrogen (secondary N) is 1. The Labute approximate surface area is 248 Å². The van der Waals surface area contributed by atoms with E-state index in [0.717, 1.165) is 26.7 Å². The molecule has 0 heterocycles. The molecule has 1 atom stereocenters. The van der Waals surface area contributed by atoms with Gasteiger partial charge in [-0.25, -0.2) is 8.42 Å². The zero-order chi connectivity index (χ0) is 30.0. The number of anilines is 1. The van der Waals surface area contributed by atoms with E-state index >= 15 is 0 Å². The summed E-state index contributed by atoms with van der Waals surface area (Å²) in [6.07, 6.45) is 3.03. The van der Waals surface area contributed by atoms with E-state index in [-0.39, 0.29) is 17.3 Å². The highest BCUT2D eigenvalue weighted by atomic mass is 32.2. The second-order valence-corrected chi connectivity index (χ2v) is 12.4. The SMILES string of the molecule is CCCNC(=O)[C@H](CC)N(Cc1cccc(OC)c1)C(=O)CN(c1ccc(C)cc1)S(=O)(=O)c1ccc(SC)cc1. The third-order valence-corrected chi connectivity index (χ3v) is 9.20. The lowest BCUT2D eigenvalue weighted by molar-refractivity contribution is -0.140. The van der Waals surface area contributed by atoms with E-state index in [1.807, 2.05) is 39.2 Å². The van der Waals surface area contributed by atoms with Crippen LogP contribution in [0.5, 0.6) is 5.75 Å². The molecule has 0 unspecified atom stereocenters. The number of carbonyl (C=O) groups excluding carboxylic acids is 2. The molecule has 3 rings (SSSR count). The molecule has 3 aromatic carbocycles. The predicted molar refractivity (Wildman–Crippen MR) is 165 cm³/mol. The average molecular weight is 598 g/mol. The summed E-state index contributed by atoms with van der Waals surface area (Å²) in [6.45, 7) is 5.81. The number of amides is 2. The molecule has 0 fully saturated rings. The van der Waals surface area contributed by atoms with Gasteiger partial charge in [-0.1, -0.05) is 43.7 Å². The quantitative estimate of drug-likeness (QED) is 0.255. The van der Waals surface area contributed by atoms with Crippen molar-refractivity contribution in [2.75, 3.05) is 30.8 Å². The maximum atomic E-state index is 14.1. The van der Waals surface area contributed by atoms with Crippen molar-refractivity contribution in [3.05, 3.63) is 83.9 Å². The first kappa shape index (κ1) is 32.0. The van der Waals surface area contributed by atoms with Crippen LogP contribution >= 0.6 is 11.8 Å². The minimum absolute atomic E-state index is 0.0794. The molecule has 0 aliphatic carbocycles. The average Bonchev–Trinajstić information content (AvgIpc) is 2.99. The molecular formula is C31H39N3O5S2. The van der Waals surface area contributed by atoms with Crippen LogP contribution in [0.3, 0.4) is 0 Å². The number of hydrogen-bond donors (Lipinski definition) is 1. The second-order valence-electron chi connectivity index (χ2n) is 9.61. The van der Waals surface area contributed by atoms with Crippen LogP contribution in [0.4, 0.5) is 5.69 Å². The molecule has 3 aromatic rings. The van der Waals surface area contributed by atoms with E-state index in [1.165, 1.54) is 16.7 Å². The molecular weight excluding hydrogens is 558 g/mol. The number of benzene rings is 3. The van der Waals surface area contributed by atoms with Crippen LogP contribution in [0.15, 0.2) is 82.6 Å². The molecule has 0 spiro atoms. The number of sulfonamides is 1. The summed E-state index contributed by atoms with van der Waals surface area (Å²) in [5.41, 5.74) is 2.08. The molecule has 0 aliphatic rings. The van der Waals surface area contributed by atoms with E-state index < -0.39 is 28.5 Å². The zero-order valence-electron chi connectivity index (χ0n) is 24.3. The molecule has 0 bridgehead atoms. The number of carbonyl (C=O) groups is 2. The highest BCUT2D eigenvalue weighted by molar-refractivity contribution is 7.98. The number of methoxy groups -OCH3 is 1. The summed E-state index contributed by atoms with van der Waals surface area (Å²) in [5, 5.41) is 2.89. The van der Waals surface area contributed by atoms with Gasteiger partial charge in [-0.2, -0.15) is 0 Å². The Bertz CT molecular complexity index is 1410. The van der Waals surface area contributed by atoms with E-state index in [4.69, 9.17) is 4.74 Å². The Hall–Kier alpha value is -3.50. The molecule has 1 N–H and O–H groups in total. The van der Waals surface area contributed by atoms with Crippen LogP contribution in [0.25, 0.3) is 0 Å². The van der Waals surface area contributed by atoms with Gasteiger partial charge in [-0.3, -0.25) is 13.9 Å². The zero-order valence-corrected chi connectivity index (χ0v) is 25.9. The molecule has 220 valence electrons. The number of thioether (sulfide) groups is 1. The van der Waals surface area contributed by atoms with Gasteiger partial charge in [0, 0.05) is 18.0 Å². The Morgan fingerprint density at radius 1 is 1.00 bits per heavy atom. The van der Waals surface area contributed by atoms with Gasteiger partial charge in [0.25, 0.3) is 10.0 Å². The highest BCUT2D eigenvalue weighted by Gasteiger charge is 2.33. The molecule has 41 heavy (non-hydrogen) atoms. The molecule has 0 saturated heterocycles. The van der Waals surface area contributed by atoms with E-state index in [0.29, 0.717) is 24.4 Å². The first-order chi connectivity index (χ1) is 19.6. The van der Waals surface area contributed by atoms with Crippen LogP contribution in [0, 0.1) is 6.92 Å². The third-order valence-electron chi connectivity index (χ3n) is 6.67. The van der Waals surface area contributed by atoms with Gasteiger partial charge in [0.1, 0.15) is 18.3 Å². The number of ether oxygens (including phenoxy) is 1. The minimum atomic E-state index is -4.11. The second kappa shape index (κ2) is 14.9. The highest BCUT2D eigenvalue weighted by Crippen LogP contribution is 2.27. The summed E-state index contributed by atoms with van der Waals surface area (Å²) in [4.78, 5) is 29.8. The van der Waals surface area contributed by atoms with E-state index in [9.17, 15) is 18.0 Å². The Morgan fingerprint density at radius 3 is 2.27 bits per heavy atom. The fraction of sp³-hybridized carbons (Fsp3) is 0.355. The number of aryl methyl sites for hydroxylation is 1. The molecule has 2 amide bonds. The topological polar surface area (TPSA) is 96.0 Å². The first-order valence-corrected chi connectivity index (χ1v) is 16.2. The van der Waals surface area contributed by atoms with E-state index in [2.05, 4.69) is 5.32 Å². The molecule has 0 radical (unpaired) electrons. The van der Waals surface area contributed by atoms with Gasteiger partial charge in [-0.05, 0) is 80.1 Å². The van der Waals surface area contributed by atoms with Gasteiger partial charge < -0.3 is 15.0 Å². The van der Waals surface area contributed by atoms with Gasteiger partial charge in [0.05, 0.1) is 17.7 Å². The van der Waals surface area contributed by atoms with Crippen molar-refractivity contribution in [1.82, 2.24) is 10.2 Å². The van der Waals surface area contributed by atoms with E-state index in [1.54, 1.807) is 67.8 Å². The van der Waals surface area contributed by atoms with Crippen molar-refractivity contribution >= 4 is 39.3 Å². The summed E-state index contributed by atoms with van der Waals surface area (Å²) in [5.74, 6) is -0.143. The summed E-state index contributed by atoms with van der Waals surface area (Å²) < 4.78 is 34.4. The van der Waals surface area contributed by atoms with Crippen LogP contribution < -0.4 is 14.4 Å². The lowest BCUT2D eigenvalue weighted by Gasteiger charge is -2.33. The summed E-state index contributed by atoms with van der Waals surface area (Å²) in [7, 11) is -2.55. The fourth-order valence-electron chi connectivity index (χ4n) is 4.37. The largest absolute Gasteiger partial charge is 0.497 e. The van der Waals surface area contributed by atoms with Crippen molar-refractivity contribution in [3.8, 4) is 5.75 Å². The number of hydrogen-bond acceptors (Lipinski definition) is 6. The Morgan fingerprint density at radius 2 is 1.68 bits per heavy atom. The van der Waals surface area contributed by atoms with Gasteiger partial charge in [0.2, 0.25) is 11.8 Å². The maximum Gasteiger partial charge on any atom is 0.264 e. The Balaban J connectivity index is 2.05. The number of nitrogens with zero attached hydrogens (tertiary/aromatic N) is 2. The van der Waals surface area contributed by atoms with Crippen molar-refractivity contribution < 1.29 is 22.7 Å². The monoisotopic (exact) mass is 597 g/mol. The van der Waals surface area contributed by atoms with Gasteiger partial charge in [-0.15, -0.1) is 11.8 Å². The van der Waals surface area contributed by atoms with Gasteiger partial charge in [0.15, 0.2) is 0 Å². The molecule has 0 aromatic heterocycles. The van der Waals surface area contributed by atoms with Crippen molar-refractivity contribution in [2.45, 2.75) is 56.0 Å². The predicted octanol–water partition coefficient (Wildman–Crippen LogP) is 5.25. The lowest BCUT2D eigenvalue weighted by atomic mass is 10.1. The maximum absolute atomic E-state index is 14.1. The van der Waals surface area contributed by atoms with Crippen LogP contribution in [0.2, 0.25) is 0 Å². The van der Waals surface area contributed by atoms with Gasteiger partial charge >= 0.3 is 0 Å². The van der Waals surface area contributed by atoms with Crippen molar-refractivity contribution in [1.29, 1.82) is 0 Å². The molecule has 0 aliphatic heterocycles. The van der Waals surface area contributed by atoms with Crippen molar-refractivity contribution in [3.63, 3.8) is 0 Å². The van der Waals surface area contributed by atoms with Crippen LogP contribution in [-0.4, -0.2) is 57.6 Å². The van der Waals surface area contributed by atoms with Crippen LogP contribution in [-0.2, 0) is 26.2 Å². The standard InChI is InChI=1S/C31H39N3O5S2/c1-6-19-32-31(36)29(7-2)33(21-24-9-8-10-26(20-24)39-4)30(35)22-34(25-13-11-23(3)12-14-25)41(37,38)28-17-15-27(40-5)16-18-28/h8-18,20,29H,6-7,19,21-22H2,1-5H3,(H,32,36)/t29-/m0/s1. The summed E-state index contributed by atoms with van der Waals surface area (Å²) >= 11 is 1.51. The van der Waals surface area contributed by atoms with Crippen LogP contribution in [0.1, 0.15) is 37.8 Å². The normalized spacial score (nSPS) is 11.9. The lowest BCUT2D eigenvalue weighted by Crippen LogP contribution is -2.52. The molecule has 0 saturated carbocycles. The smallest absolute Gasteiger partial charge is 0.264 e. The summed E-state index contributed by atoms with van der Waals surface area (Å²) in [6, 6.07) is 20.1. The molecule has 10 heteroatoms. The molecule has 8 nitrogen and oxygen atoms in total. The first-order valence-electron chi connectivity index (χ1n) is 13.6. The fourth-order valence-corrected chi connectivity index (χ4v) is 6.19. The van der Waals surface area contributed by atoms with Crippen molar-refractivity contribution in [2.24, 2.45) is 0 Å². The third kappa shape index (κ3) is 8.27. The Kier molecular flexibility index (Phi) is 11.7.